The second-order valence-electron chi connectivity index (χ2n) is 6.65. The Labute approximate surface area is 145 Å². The lowest BCUT2D eigenvalue weighted by Crippen LogP contribution is -2.24. The van der Waals surface area contributed by atoms with Gasteiger partial charge in [0, 0.05) is 17.2 Å². The average molecular weight is 337 g/mol. The van der Waals surface area contributed by atoms with Crippen molar-refractivity contribution in [2.24, 2.45) is 5.92 Å². The Bertz CT molecular complexity index is 895. The Morgan fingerprint density at radius 2 is 1.84 bits per heavy atom. The number of carbonyl (C=O) groups is 1. The third-order valence-electron chi connectivity index (χ3n) is 4.85. The van der Waals surface area contributed by atoms with E-state index in [1.54, 1.807) is 6.07 Å². The SMILES string of the molecule is O=C(Nc1ccc(-c2nc3ccc(F)cc3[nH]2)cc1)C1CCCCC1. The first-order valence-electron chi connectivity index (χ1n) is 8.75. The van der Waals surface area contributed by atoms with Crippen molar-refractivity contribution in [3.05, 3.63) is 48.3 Å². The number of nitrogens with one attached hydrogen (secondary N) is 2. The number of rotatable bonds is 3. The largest absolute Gasteiger partial charge is 0.338 e. The van der Waals surface area contributed by atoms with Crippen LogP contribution < -0.4 is 5.32 Å². The molecule has 5 heteroatoms. The number of nitrogens with zero attached hydrogens (tertiary/aromatic N) is 1. The first kappa shape index (κ1) is 15.8. The molecule has 0 saturated heterocycles. The quantitative estimate of drug-likeness (QED) is 0.715. The van der Waals surface area contributed by atoms with E-state index in [1.807, 2.05) is 24.3 Å². The third kappa shape index (κ3) is 3.40. The highest BCUT2D eigenvalue weighted by atomic mass is 19.1. The zero-order chi connectivity index (χ0) is 17.2. The maximum Gasteiger partial charge on any atom is 0.227 e. The van der Waals surface area contributed by atoms with Crippen LogP contribution in [-0.4, -0.2) is 15.9 Å². The molecule has 1 aliphatic carbocycles. The molecule has 1 amide bonds. The Kier molecular flexibility index (Phi) is 4.22. The fraction of sp³-hybridized carbons (Fsp3) is 0.300. The minimum atomic E-state index is -0.288. The van der Waals surface area contributed by atoms with Gasteiger partial charge in [-0.05, 0) is 55.3 Å². The second-order valence-corrected chi connectivity index (χ2v) is 6.65. The molecule has 0 bridgehead atoms. The molecular formula is C20H20FN3O. The lowest BCUT2D eigenvalue weighted by atomic mass is 9.88. The fourth-order valence-corrected chi connectivity index (χ4v) is 3.44. The number of halogens is 1. The van der Waals surface area contributed by atoms with E-state index < -0.39 is 0 Å². The van der Waals surface area contributed by atoms with Crippen LogP contribution in [0.1, 0.15) is 32.1 Å². The Morgan fingerprint density at radius 1 is 1.08 bits per heavy atom. The third-order valence-corrected chi connectivity index (χ3v) is 4.85. The molecule has 0 radical (unpaired) electrons. The molecule has 2 aromatic carbocycles. The van der Waals surface area contributed by atoms with Crippen LogP contribution in [0.3, 0.4) is 0 Å². The van der Waals surface area contributed by atoms with Gasteiger partial charge in [-0.1, -0.05) is 19.3 Å². The summed E-state index contributed by atoms with van der Waals surface area (Å²) in [5, 5.41) is 3.01. The smallest absolute Gasteiger partial charge is 0.227 e. The summed E-state index contributed by atoms with van der Waals surface area (Å²) in [6, 6.07) is 12.1. The normalized spacial score (nSPS) is 15.4. The second kappa shape index (κ2) is 6.67. The van der Waals surface area contributed by atoms with Crippen LogP contribution in [0, 0.1) is 11.7 Å². The maximum absolute atomic E-state index is 13.3. The number of amides is 1. The molecule has 0 aliphatic heterocycles. The summed E-state index contributed by atoms with van der Waals surface area (Å²) < 4.78 is 13.3. The maximum atomic E-state index is 13.3. The van der Waals surface area contributed by atoms with Gasteiger partial charge in [-0.15, -0.1) is 0 Å². The van der Waals surface area contributed by atoms with Crippen LogP contribution in [0.25, 0.3) is 22.4 Å². The molecule has 1 fully saturated rings. The van der Waals surface area contributed by atoms with Gasteiger partial charge in [-0.25, -0.2) is 9.37 Å². The van der Waals surface area contributed by atoms with Gasteiger partial charge in [0.25, 0.3) is 0 Å². The topological polar surface area (TPSA) is 57.8 Å². The van der Waals surface area contributed by atoms with Crippen LogP contribution in [0.15, 0.2) is 42.5 Å². The van der Waals surface area contributed by atoms with Crippen LogP contribution in [-0.2, 0) is 4.79 Å². The summed E-state index contributed by atoms with van der Waals surface area (Å²) in [4.78, 5) is 19.9. The Hall–Kier alpha value is -2.69. The molecule has 1 aliphatic rings. The number of fused-ring (bicyclic) bond motifs is 1. The van der Waals surface area contributed by atoms with Crippen LogP contribution in [0.4, 0.5) is 10.1 Å². The van der Waals surface area contributed by atoms with Gasteiger partial charge < -0.3 is 10.3 Å². The van der Waals surface area contributed by atoms with E-state index >= 15 is 0 Å². The molecule has 1 heterocycles. The first-order chi connectivity index (χ1) is 12.2. The molecule has 128 valence electrons. The van der Waals surface area contributed by atoms with Crippen molar-refractivity contribution in [3.63, 3.8) is 0 Å². The number of imidazole rings is 1. The number of carbonyl (C=O) groups excluding carboxylic acids is 1. The molecule has 1 aromatic heterocycles. The number of anilines is 1. The van der Waals surface area contributed by atoms with Crippen molar-refractivity contribution in [1.82, 2.24) is 9.97 Å². The van der Waals surface area contributed by atoms with Crippen molar-refractivity contribution in [2.45, 2.75) is 32.1 Å². The summed E-state index contributed by atoms with van der Waals surface area (Å²) in [6.45, 7) is 0. The van der Waals surface area contributed by atoms with E-state index in [2.05, 4.69) is 15.3 Å². The molecular weight excluding hydrogens is 317 g/mol. The summed E-state index contributed by atoms with van der Waals surface area (Å²) in [7, 11) is 0. The Morgan fingerprint density at radius 3 is 2.60 bits per heavy atom. The predicted octanol–water partition coefficient (Wildman–Crippen LogP) is 4.89. The van der Waals surface area contributed by atoms with Crippen molar-refractivity contribution < 1.29 is 9.18 Å². The molecule has 3 aromatic rings. The van der Waals surface area contributed by atoms with E-state index in [9.17, 15) is 9.18 Å². The van der Waals surface area contributed by atoms with Crippen molar-refractivity contribution in [2.75, 3.05) is 5.32 Å². The van der Waals surface area contributed by atoms with Gasteiger partial charge in [0.15, 0.2) is 0 Å². The van der Waals surface area contributed by atoms with Crippen molar-refractivity contribution in [1.29, 1.82) is 0 Å². The van der Waals surface area contributed by atoms with Gasteiger partial charge in [-0.2, -0.15) is 0 Å². The molecule has 25 heavy (non-hydrogen) atoms. The lowest BCUT2D eigenvalue weighted by Gasteiger charge is -2.20. The molecule has 1 saturated carbocycles. The van der Waals surface area contributed by atoms with Gasteiger partial charge in [0.05, 0.1) is 11.0 Å². The van der Waals surface area contributed by atoms with Gasteiger partial charge >= 0.3 is 0 Å². The standard InChI is InChI=1S/C20H20FN3O/c21-15-8-11-17-18(12-15)24-19(23-17)13-6-9-16(10-7-13)22-20(25)14-4-2-1-3-5-14/h6-12,14H,1-5H2,(H,22,25)(H,23,24). The zero-order valence-corrected chi connectivity index (χ0v) is 13.9. The Balaban J connectivity index is 1.49. The number of hydrogen-bond donors (Lipinski definition) is 2. The van der Waals surface area contributed by atoms with Crippen LogP contribution >= 0.6 is 0 Å². The molecule has 0 spiro atoms. The van der Waals surface area contributed by atoms with Crippen LogP contribution in [0.5, 0.6) is 0 Å². The van der Waals surface area contributed by atoms with Crippen LogP contribution in [0.2, 0.25) is 0 Å². The minimum Gasteiger partial charge on any atom is -0.338 e. The number of aromatic nitrogens is 2. The van der Waals surface area contributed by atoms with Crippen molar-refractivity contribution >= 4 is 22.6 Å². The average Bonchev–Trinajstić information content (AvgIpc) is 3.06. The molecule has 4 nitrogen and oxygen atoms in total. The number of hydrogen-bond acceptors (Lipinski definition) is 2. The highest BCUT2D eigenvalue weighted by molar-refractivity contribution is 5.92. The van der Waals surface area contributed by atoms with Gasteiger partial charge in [-0.3, -0.25) is 4.79 Å². The zero-order valence-electron chi connectivity index (χ0n) is 13.9. The molecule has 0 unspecified atom stereocenters. The predicted molar refractivity (Wildman–Crippen MR) is 96.7 cm³/mol. The summed E-state index contributed by atoms with van der Waals surface area (Å²) in [5.41, 5.74) is 3.09. The van der Waals surface area contributed by atoms with E-state index in [0.29, 0.717) is 11.3 Å². The van der Waals surface area contributed by atoms with Crippen molar-refractivity contribution in [3.8, 4) is 11.4 Å². The lowest BCUT2D eigenvalue weighted by molar-refractivity contribution is -0.120. The van der Waals surface area contributed by atoms with E-state index in [4.69, 9.17) is 0 Å². The fourth-order valence-electron chi connectivity index (χ4n) is 3.44. The van der Waals surface area contributed by atoms with E-state index in [1.165, 1.54) is 18.6 Å². The summed E-state index contributed by atoms with van der Waals surface area (Å²) in [6.07, 6.45) is 5.49. The molecule has 0 atom stereocenters. The highest BCUT2D eigenvalue weighted by Gasteiger charge is 2.21. The number of H-pyrrole nitrogens is 1. The van der Waals surface area contributed by atoms with E-state index in [-0.39, 0.29) is 17.6 Å². The van der Waals surface area contributed by atoms with Gasteiger partial charge in [0.1, 0.15) is 11.6 Å². The number of aromatic amines is 1. The first-order valence-corrected chi connectivity index (χ1v) is 8.75. The highest BCUT2D eigenvalue weighted by Crippen LogP contribution is 2.26. The molecule has 4 rings (SSSR count). The summed E-state index contributed by atoms with van der Waals surface area (Å²) >= 11 is 0. The van der Waals surface area contributed by atoms with E-state index in [0.717, 1.165) is 42.5 Å². The minimum absolute atomic E-state index is 0.117. The monoisotopic (exact) mass is 337 g/mol. The van der Waals surface area contributed by atoms with Gasteiger partial charge in [0.2, 0.25) is 5.91 Å². The molecule has 2 N–H and O–H groups in total. The summed E-state index contributed by atoms with van der Waals surface area (Å²) in [5.74, 6) is 0.652. The number of benzene rings is 2.